The number of amides is 1. The van der Waals surface area contributed by atoms with E-state index in [-0.39, 0.29) is 17.5 Å². The summed E-state index contributed by atoms with van der Waals surface area (Å²) in [4.78, 5) is 43.3. The van der Waals surface area contributed by atoms with Crippen molar-refractivity contribution in [3.63, 3.8) is 0 Å². The summed E-state index contributed by atoms with van der Waals surface area (Å²) in [6.07, 6.45) is 9.85. The van der Waals surface area contributed by atoms with Gasteiger partial charge in [-0.3, -0.25) is 14.4 Å². The number of rotatable bonds is 14. The van der Waals surface area contributed by atoms with Gasteiger partial charge in [0, 0.05) is 35.5 Å². The molecule has 0 unspecified atom stereocenters. The second kappa shape index (κ2) is 14.1. The van der Waals surface area contributed by atoms with Crippen LogP contribution in [0.1, 0.15) is 120 Å². The van der Waals surface area contributed by atoms with Gasteiger partial charge < -0.3 is 10.2 Å². The van der Waals surface area contributed by atoms with Gasteiger partial charge in [-0.25, -0.2) is 0 Å². The number of hydrogen-bond donors (Lipinski definition) is 1. The lowest BCUT2D eigenvalue weighted by atomic mass is 9.82. The van der Waals surface area contributed by atoms with E-state index in [1.807, 2.05) is 30.3 Å². The summed E-state index contributed by atoms with van der Waals surface area (Å²) in [6, 6.07) is 18.4. The van der Waals surface area contributed by atoms with Gasteiger partial charge in [0.25, 0.3) is 5.91 Å². The highest BCUT2D eigenvalue weighted by Crippen LogP contribution is 2.38. The summed E-state index contributed by atoms with van der Waals surface area (Å²) in [5, 5.41) is 2.97. The van der Waals surface area contributed by atoms with Crippen LogP contribution in [0.25, 0.3) is 0 Å². The molecule has 4 rings (SSSR count). The molecule has 3 aromatic carbocycles. The molecule has 1 aliphatic rings. The van der Waals surface area contributed by atoms with Gasteiger partial charge in [0.05, 0.1) is 16.8 Å². The number of fused-ring (bicyclic) bond motifs is 2. The first-order valence-electron chi connectivity index (χ1n) is 15.0. The number of benzene rings is 3. The second-order valence-electron chi connectivity index (χ2n) is 10.7. The maximum atomic E-state index is 13.9. The van der Waals surface area contributed by atoms with Gasteiger partial charge >= 0.3 is 0 Å². The average Bonchev–Trinajstić information content (AvgIpc) is 2.98. The number of carbonyl (C=O) groups excluding carboxylic acids is 3. The number of anilines is 2. The van der Waals surface area contributed by atoms with Crippen LogP contribution in [0.2, 0.25) is 0 Å². The van der Waals surface area contributed by atoms with Crippen molar-refractivity contribution in [2.75, 3.05) is 23.3 Å². The molecule has 0 saturated carbocycles. The minimum Gasteiger partial charge on any atom is -0.371 e. The number of aryl methyl sites for hydroxylation is 1. The monoisotopic (exact) mass is 538 g/mol. The number of ketones is 2. The fraction of sp³-hybridized carbons (Fsp3) is 0.400. The highest BCUT2D eigenvalue weighted by molar-refractivity contribution is 6.32. The minimum atomic E-state index is -0.291. The molecule has 0 aliphatic heterocycles. The number of nitrogens with zero attached hydrogens (tertiary/aromatic N) is 1. The predicted octanol–water partition coefficient (Wildman–Crippen LogP) is 8.24. The zero-order chi connectivity index (χ0) is 28.5. The van der Waals surface area contributed by atoms with Crippen LogP contribution >= 0.6 is 0 Å². The third kappa shape index (κ3) is 6.52. The number of unbranched alkanes of at least 4 members (excludes halogenated alkanes) is 5. The molecule has 0 radical (unpaired) electrons. The van der Waals surface area contributed by atoms with Gasteiger partial charge in [-0.2, -0.15) is 0 Å². The van der Waals surface area contributed by atoms with E-state index in [9.17, 15) is 14.4 Å². The van der Waals surface area contributed by atoms with Gasteiger partial charge in [0.2, 0.25) is 0 Å². The van der Waals surface area contributed by atoms with Crippen LogP contribution in [0, 0.1) is 0 Å². The Kier molecular flexibility index (Phi) is 10.3. The molecule has 0 fully saturated rings. The lowest BCUT2D eigenvalue weighted by Crippen LogP contribution is -2.31. The molecular weight excluding hydrogens is 496 g/mol. The van der Waals surface area contributed by atoms with Crippen LogP contribution in [0.4, 0.5) is 11.4 Å². The van der Waals surface area contributed by atoms with E-state index in [0.717, 1.165) is 57.3 Å². The molecule has 0 atom stereocenters. The molecule has 0 bridgehead atoms. The smallest absolute Gasteiger partial charge is 0.255 e. The first-order chi connectivity index (χ1) is 19.5. The van der Waals surface area contributed by atoms with Crippen molar-refractivity contribution in [1.29, 1.82) is 0 Å². The highest BCUT2D eigenvalue weighted by Gasteiger charge is 2.35. The van der Waals surface area contributed by atoms with Crippen molar-refractivity contribution in [1.82, 2.24) is 0 Å². The SMILES string of the molecule is CCCCCCc1ccc(C(=O)Nc2ccc(N(CCCC)CCCC)c3c2C(=O)c2ccccc2C3=O)cc1. The Morgan fingerprint density at radius 2 is 1.27 bits per heavy atom. The molecule has 1 amide bonds. The van der Waals surface area contributed by atoms with Crippen LogP contribution in [-0.4, -0.2) is 30.6 Å². The summed E-state index contributed by atoms with van der Waals surface area (Å²) < 4.78 is 0. The number of hydrogen-bond acceptors (Lipinski definition) is 4. The Balaban J connectivity index is 1.68. The van der Waals surface area contributed by atoms with E-state index < -0.39 is 0 Å². The molecule has 210 valence electrons. The Morgan fingerprint density at radius 1 is 0.675 bits per heavy atom. The zero-order valence-electron chi connectivity index (χ0n) is 24.2. The van der Waals surface area contributed by atoms with Crippen molar-refractivity contribution in [2.45, 2.75) is 78.6 Å². The van der Waals surface area contributed by atoms with Gasteiger partial charge in [-0.05, 0) is 55.5 Å². The summed E-state index contributed by atoms with van der Waals surface area (Å²) in [6.45, 7) is 8.12. The predicted molar refractivity (Wildman–Crippen MR) is 164 cm³/mol. The molecule has 1 N–H and O–H groups in total. The normalized spacial score (nSPS) is 12.2. The lowest BCUT2D eigenvalue weighted by Gasteiger charge is -2.30. The minimum absolute atomic E-state index is 0.165. The van der Waals surface area contributed by atoms with Crippen LogP contribution in [-0.2, 0) is 6.42 Å². The fourth-order valence-corrected chi connectivity index (χ4v) is 5.40. The summed E-state index contributed by atoms with van der Waals surface area (Å²) >= 11 is 0. The first-order valence-corrected chi connectivity index (χ1v) is 15.0. The fourth-order valence-electron chi connectivity index (χ4n) is 5.40. The van der Waals surface area contributed by atoms with Crippen molar-refractivity contribution in [2.24, 2.45) is 0 Å². The molecular formula is C35H42N2O3. The standard InChI is InChI=1S/C35H42N2O3/c1-4-7-10-11-14-25-17-19-26(20-18-25)35(40)36-29-21-22-30(37(23-8-5-2)24-9-6-3)32-31(29)33(38)27-15-12-13-16-28(27)34(32)39/h12-13,15-22H,4-11,14,23-24H2,1-3H3,(H,36,40). The summed E-state index contributed by atoms with van der Waals surface area (Å²) in [5.41, 5.74) is 4.39. The van der Waals surface area contributed by atoms with E-state index in [0.29, 0.717) is 33.5 Å². The van der Waals surface area contributed by atoms with Crippen molar-refractivity contribution < 1.29 is 14.4 Å². The van der Waals surface area contributed by atoms with E-state index >= 15 is 0 Å². The summed E-state index contributed by atoms with van der Waals surface area (Å²) in [7, 11) is 0. The molecule has 5 nitrogen and oxygen atoms in total. The Hall–Kier alpha value is -3.73. The molecule has 5 heteroatoms. The lowest BCUT2D eigenvalue weighted by molar-refractivity contribution is 0.0979. The molecule has 0 heterocycles. The largest absolute Gasteiger partial charge is 0.371 e. The van der Waals surface area contributed by atoms with Gasteiger partial charge in [0.15, 0.2) is 11.6 Å². The molecule has 0 spiro atoms. The Labute approximate surface area is 239 Å². The second-order valence-corrected chi connectivity index (χ2v) is 10.7. The van der Waals surface area contributed by atoms with Crippen LogP contribution in [0.3, 0.4) is 0 Å². The quantitative estimate of drug-likeness (QED) is 0.164. The molecule has 3 aromatic rings. The zero-order valence-corrected chi connectivity index (χ0v) is 24.2. The number of nitrogens with one attached hydrogen (secondary N) is 1. The topological polar surface area (TPSA) is 66.5 Å². The third-order valence-corrected chi connectivity index (χ3v) is 7.74. The van der Waals surface area contributed by atoms with Gasteiger partial charge in [-0.1, -0.05) is 89.3 Å². The van der Waals surface area contributed by atoms with Crippen LogP contribution in [0.5, 0.6) is 0 Å². The van der Waals surface area contributed by atoms with Crippen LogP contribution in [0.15, 0.2) is 60.7 Å². The third-order valence-electron chi connectivity index (χ3n) is 7.74. The maximum Gasteiger partial charge on any atom is 0.255 e. The summed E-state index contributed by atoms with van der Waals surface area (Å²) in [5.74, 6) is -0.683. The molecule has 40 heavy (non-hydrogen) atoms. The van der Waals surface area contributed by atoms with Crippen molar-refractivity contribution in [3.05, 3.63) is 94.0 Å². The Bertz CT molecular complexity index is 1340. The van der Waals surface area contributed by atoms with Crippen molar-refractivity contribution >= 4 is 28.8 Å². The van der Waals surface area contributed by atoms with Crippen molar-refractivity contribution in [3.8, 4) is 0 Å². The van der Waals surface area contributed by atoms with Gasteiger partial charge in [-0.15, -0.1) is 0 Å². The average molecular weight is 539 g/mol. The highest BCUT2D eigenvalue weighted by atomic mass is 16.2. The molecule has 1 aliphatic carbocycles. The van der Waals surface area contributed by atoms with E-state index in [4.69, 9.17) is 0 Å². The Morgan fingerprint density at radius 3 is 1.88 bits per heavy atom. The van der Waals surface area contributed by atoms with E-state index in [1.54, 1.807) is 30.3 Å². The van der Waals surface area contributed by atoms with Crippen LogP contribution < -0.4 is 10.2 Å². The maximum absolute atomic E-state index is 13.9. The van der Waals surface area contributed by atoms with E-state index in [2.05, 4.69) is 31.0 Å². The molecule has 0 saturated heterocycles. The first kappa shape index (κ1) is 29.3. The molecule has 0 aromatic heterocycles. The van der Waals surface area contributed by atoms with Gasteiger partial charge in [0.1, 0.15) is 0 Å². The van der Waals surface area contributed by atoms with E-state index in [1.165, 1.54) is 24.8 Å². The number of carbonyl (C=O) groups is 3.